The van der Waals surface area contributed by atoms with Gasteiger partial charge in [0.2, 0.25) is 0 Å². The first-order valence-corrected chi connectivity index (χ1v) is 2.89. The predicted molar refractivity (Wildman–Crippen MR) is 31.5 cm³/mol. The van der Waals surface area contributed by atoms with Gasteiger partial charge in [-0.15, -0.1) is 0 Å². The number of carbonyl (C=O) groups is 1. The number of urea groups is 1. The summed E-state index contributed by atoms with van der Waals surface area (Å²) in [5, 5.41) is 6.73. The van der Waals surface area contributed by atoms with Crippen LogP contribution >= 0.6 is 0 Å². The molecule has 0 unspecified atom stereocenters. The van der Waals surface area contributed by atoms with E-state index in [9.17, 15) is 4.79 Å². The molecule has 2 amide bonds. The molecule has 0 saturated heterocycles. The molecule has 1 rings (SSSR count). The zero-order chi connectivity index (χ0) is 6.69. The molecule has 1 heterocycles. The molecule has 0 aromatic carbocycles. The molecule has 49 valence electrons. The molecular weight excluding hydrogens is 118 g/mol. The first-order valence-electron chi connectivity index (χ1n) is 2.89. The van der Waals surface area contributed by atoms with Crippen molar-refractivity contribution < 1.29 is 4.79 Å². The molecule has 0 fully saturated rings. The van der Waals surface area contributed by atoms with Crippen LogP contribution in [0, 0.1) is 6.67 Å². The van der Waals surface area contributed by atoms with Crippen LogP contribution in [0.25, 0.3) is 0 Å². The van der Waals surface area contributed by atoms with E-state index in [0.717, 1.165) is 6.42 Å². The molecule has 0 N–H and O–H groups in total. The van der Waals surface area contributed by atoms with Crippen molar-refractivity contribution in [2.45, 2.75) is 13.3 Å². The third kappa shape index (κ3) is 1.25. The van der Waals surface area contributed by atoms with Crippen LogP contribution in [0.1, 0.15) is 13.3 Å². The van der Waals surface area contributed by atoms with Crippen LogP contribution in [-0.4, -0.2) is 17.5 Å². The number of rotatable bonds is 2. The number of hydrogen-bond acceptors (Lipinski definition) is 2. The number of amides is 2. The van der Waals surface area contributed by atoms with E-state index in [-0.39, 0.29) is 6.03 Å². The van der Waals surface area contributed by atoms with E-state index < -0.39 is 0 Å². The second-order valence-electron chi connectivity index (χ2n) is 1.81. The summed E-state index contributed by atoms with van der Waals surface area (Å²) in [6.07, 6.45) is 0.938. The Kier molecular flexibility index (Phi) is 1.77. The van der Waals surface area contributed by atoms with E-state index in [4.69, 9.17) is 0 Å². The van der Waals surface area contributed by atoms with Gasteiger partial charge in [-0.3, -0.25) is 4.90 Å². The third-order valence-electron chi connectivity index (χ3n) is 1.04. The highest BCUT2D eigenvalue weighted by Crippen LogP contribution is 2.07. The van der Waals surface area contributed by atoms with Crippen molar-refractivity contribution in [1.82, 2.24) is 4.90 Å². The highest BCUT2D eigenvalue weighted by atomic mass is 16.2. The maximum Gasteiger partial charge on any atom is 0.363 e. The zero-order valence-electron chi connectivity index (χ0n) is 5.24. The fourth-order valence-electron chi connectivity index (χ4n) is 0.639. The molecule has 4 heteroatoms. The second-order valence-corrected chi connectivity index (χ2v) is 1.81. The molecule has 4 nitrogen and oxygen atoms in total. The average Bonchev–Trinajstić information content (AvgIpc) is 2.18. The summed E-state index contributed by atoms with van der Waals surface area (Å²) in [4.78, 5) is 12.1. The van der Waals surface area contributed by atoms with E-state index in [1.54, 1.807) is 0 Å². The lowest BCUT2D eigenvalue weighted by molar-refractivity contribution is 0.225. The minimum atomic E-state index is -0.253. The maximum absolute atomic E-state index is 10.6. The lowest BCUT2D eigenvalue weighted by Crippen LogP contribution is -2.21. The SMILES string of the molecule is CCCN1[CH]N=NC1=O. The van der Waals surface area contributed by atoms with Crippen LogP contribution in [0.4, 0.5) is 4.79 Å². The van der Waals surface area contributed by atoms with E-state index >= 15 is 0 Å². The van der Waals surface area contributed by atoms with Crippen LogP contribution in [-0.2, 0) is 0 Å². The van der Waals surface area contributed by atoms with E-state index in [1.807, 2.05) is 6.92 Å². The monoisotopic (exact) mass is 126 g/mol. The summed E-state index contributed by atoms with van der Waals surface area (Å²) < 4.78 is 0. The van der Waals surface area contributed by atoms with Crippen molar-refractivity contribution in [2.24, 2.45) is 10.2 Å². The fourth-order valence-corrected chi connectivity index (χ4v) is 0.639. The Morgan fingerprint density at radius 1 is 1.78 bits per heavy atom. The van der Waals surface area contributed by atoms with Gasteiger partial charge < -0.3 is 0 Å². The van der Waals surface area contributed by atoms with Gasteiger partial charge in [0.1, 0.15) is 0 Å². The van der Waals surface area contributed by atoms with Crippen LogP contribution in [0.3, 0.4) is 0 Å². The average molecular weight is 126 g/mol. The Hall–Kier alpha value is -0.930. The summed E-state index contributed by atoms with van der Waals surface area (Å²) in [6, 6.07) is -0.253. The molecule has 1 aliphatic heterocycles. The molecule has 0 bridgehead atoms. The van der Waals surface area contributed by atoms with E-state index in [1.165, 1.54) is 11.6 Å². The summed E-state index contributed by atoms with van der Waals surface area (Å²) in [7, 11) is 0. The Bertz CT molecular complexity index is 143. The topological polar surface area (TPSA) is 45.0 Å². The Balaban J connectivity index is 2.37. The zero-order valence-corrected chi connectivity index (χ0v) is 5.24. The van der Waals surface area contributed by atoms with Crippen molar-refractivity contribution in [2.75, 3.05) is 6.54 Å². The molecule has 0 aromatic heterocycles. The van der Waals surface area contributed by atoms with Crippen LogP contribution in [0.5, 0.6) is 0 Å². The largest absolute Gasteiger partial charge is 0.363 e. The number of azo groups is 1. The van der Waals surface area contributed by atoms with Gasteiger partial charge in [-0.1, -0.05) is 12.0 Å². The van der Waals surface area contributed by atoms with Crippen molar-refractivity contribution in [1.29, 1.82) is 0 Å². The van der Waals surface area contributed by atoms with Gasteiger partial charge in [0.15, 0.2) is 6.67 Å². The summed E-state index contributed by atoms with van der Waals surface area (Å²) in [5.74, 6) is 0. The third-order valence-corrected chi connectivity index (χ3v) is 1.04. The van der Waals surface area contributed by atoms with Crippen molar-refractivity contribution in [3.63, 3.8) is 0 Å². The molecule has 0 spiro atoms. The fraction of sp³-hybridized carbons (Fsp3) is 0.600. The lowest BCUT2D eigenvalue weighted by atomic mass is 10.4. The van der Waals surface area contributed by atoms with Gasteiger partial charge in [-0.05, 0) is 6.42 Å². The van der Waals surface area contributed by atoms with Crippen molar-refractivity contribution in [3.8, 4) is 0 Å². The number of nitrogens with zero attached hydrogens (tertiary/aromatic N) is 3. The molecule has 9 heavy (non-hydrogen) atoms. The second kappa shape index (κ2) is 2.57. The maximum atomic E-state index is 10.6. The highest BCUT2D eigenvalue weighted by molar-refractivity contribution is 5.76. The van der Waals surface area contributed by atoms with Crippen LogP contribution < -0.4 is 0 Å². The predicted octanol–water partition coefficient (Wildman–Crippen LogP) is 1.40. The van der Waals surface area contributed by atoms with Gasteiger partial charge >= 0.3 is 6.03 Å². The van der Waals surface area contributed by atoms with Crippen molar-refractivity contribution >= 4 is 6.03 Å². The van der Waals surface area contributed by atoms with Gasteiger partial charge in [0.05, 0.1) is 0 Å². The highest BCUT2D eigenvalue weighted by Gasteiger charge is 2.16. The molecular formula is C5H8N3O. The van der Waals surface area contributed by atoms with Gasteiger partial charge in [0, 0.05) is 6.54 Å². The molecule has 0 atom stereocenters. The standard InChI is InChI=1S/C5H8N3O/c1-2-3-8-4-6-7-5(8)9/h4H,2-3H2,1H3. The minimum Gasteiger partial charge on any atom is -0.294 e. The number of hydrogen-bond donors (Lipinski definition) is 0. The molecule has 0 aromatic rings. The van der Waals surface area contributed by atoms with Gasteiger partial charge in [0.25, 0.3) is 0 Å². The number of carbonyl (C=O) groups excluding carboxylic acids is 1. The lowest BCUT2D eigenvalue weighted by Gasteiger charge is -2.07. The minimum absolute atomic E-state index is 0.253. The summed E-state index contributed by atoms with van der Waals surface area (Å²) >= 11 is 0. The summed E-state index contributed by atoms with van der Waals surface area (Å²) in [5.41, 5.74) is 0. The van der Waals surface area contributed by atoms with E-state index in [0.29, 0.717) is 6.54 Å². The van der Waals surface area contributed by atoms with Crippen LogP contribution in [0.2, 0.25) is 0 Å². The molecule has 0 saturated carbocycles. The molecule has 0 aliphatic carbocycles. The Labute approximate surface area is 53.6 Å². The smallest absolute Gasteiger partial charge is 0.294 e. The Morgan fingerprint density at radius 2 is 2.56 bits per heavy atom. The van der Waals surface area contributed by atoms with Crippen LogP contribution in [0.15, 0.2) is 10.2 Å². The van der Waals surface area contributed by atoms with Gasteiger partial charge in [-0.2, -0.15) is 5.11 Å². The van der Waals surface area contributed by atoms with Gasteiger partial charge in [-0.25, -0.2) is 4.79 Å². The van der Waals surface area contributed by atoms with Crippen molar-refractivity contribution in [3.05, 3.63) is 6.67 Å². The quantitative estimate of drug-likeness (QED) is 0.551. The normalized spacial score (nSPS) is 17.4. The first-order chi connectivity index (χ1) is 4.34. The Morgan fingerprint density at radius 3 is 3.00 bits per heavy atom. The molecule has 1 aliphatic rings. The molecule has 1 radical (unpaired) electrons. The first kappa shape index (κ1) is 6.19. The summed E-state index contributed by atoms with van der Waals surface area (Å²) in [6.45, 7) is 4.16. The van der Waals surface area contributed by atoms with E-state index in [2.05, 4.69) is 10.2 Å².